The lowest BCUT2D eigenvalue weighted by atomic mass is 9.85. The van der Waals surface area contributed by atoms with Crippen LogP contribution < -0.4 is 5.32 Å². The number of nitriles is 1. The molecule has 2 aromatic carbocycles. The van der Waals surface area contributed by atoms with E-state index in [4.69, 9.17) is 4.74 Å². The third kappa shape index (κ3) is 5.32. The second-order valence-corrected chi connectivity index (χ2v) is 11.2. The molecule has 0 radical (unpaired) electrons. The molecule has 0 saturated carbocycles. The average molecular weight is 509 g/mol. The van der Waals surface area contributed by atoms with E-state index in [1.165, 1.54) is 0 Å². The van der Waals surface area contributed by atoms with Gasteiger partial charge in [0, 0.05) is 35.5 Å². The number of likely N-dealkylation sites (tertiary alicyclic amines) is 1. The molecule has 0 spiro atoms. The van der Waals surface area contributed by atoms with Gasteiger partial charge in [0.05, 0.1) is 35.7 Å². The van der Waals surface area contributed by atoms with Gasteiger partial charge in [-0.3, -0.25) is 14.6 Å². The number of anilines is 1. The lowest BCUT2D eigenvalue weighted by Crippen LogP contribution is -2.45. The first-order chi connectivity index (χ1) is 18.1. The van der Waals surface area contributed by atoms with Gasteiger partial charge in [0.15, 0.2) is 0 Å². The van der Waals surface area contributed by atoms with E-state index in [9.17, 15) is 14.9 Å². The number of ether oxygens (including phenoxy) is 1. The Morgan fingerprint density at radius 1 is 1.03 bits per heavy atom. The fourth-order valence-corrected chi connectivity index (χ4v) is 5.11. The summed E-state index contributed by atoms with van der Waals surface area (Å²) < 4.78 is 5.86. The number of rotatable bonds is 4. The van der Waals surface area contributed by atoms with Crippen LogP contribution in [0.5, 0.6) is 0 Å². The number of benzene rings is 2. The van der Waals surface area contributed by atoms with E-state index in [2.05, 4.69) is 16.4 Å². The Balaban J connectivity index is 1.34. The van der Waals surface area contributed by atoms with Crippen molar-refractivity contribution in [3.8, 4) is 17.2 Å². The van der Waals surface area contributed by atoms with Crippen LogP contribution in [0.25, 0.3) is 11.1 Å². The van der Waals surface area contributed by atoms with Crippen LogP contribution in [0, 0.1) is 18.3 Å². The summed E-state index contributed by atoms with van der Waals surface area (Å²) in [7, 11) is 0. The van der Waals surface area contributed by atoms with Gasteiger partial charge in [0.1, 0.15) is 0 Å². The normalized spacial score (nSPS) is 18.7. The number of nitrogens with one attached hydrogen (secondary N) is 1. The maximum absolute atomic E-state index is 13.1. The molecule has 2 amide bonds. The fraction of sp³-hybridized carbons (Fsp3) is 0.355. The molecular formula is C31H32N4O3. The zero-order valence-corrected chi connectivity index (χ0v) is 22.2. The molecule has 3 aromatic rings. The van der Waals surface area contributed by atoms with Crippen LogP contribution in [0.3, 0.4) is 0 Å². The number of fused-ring (bicyclic) bond motifs is 2. The maximum atomic E-state index is 13.1. The summed E-state index contributed by atoms with van der Waals surface area (Å²) in [6.45, 7) is 9.35. The predicted octanol–water partition coefficient (Wildman–Crippen LogP) is 5.48. The summed E-state index contributed by atoms with van der Waals surface area (Å²) in [6.07, 6.45) is 3.99. The third-order valence-electron chi connectivity index (χ3n) is 7.31. The van der Waals surface area contributed by atoms with Gasteiger partial charge in [-0.1, -0.05) is 32.9 Å². The second kappa shape index (κ2) is 10.0. The fourth-order valence-electron chi connectivity index (χ4n) is 5.11. The van der Waals surface area contributed by atoms with Gasteiger partial charge in [0.2, 0.25) is 0 Å². The summed E-state index contributed by atoms with van der Waals surface area (Å²) in [6, 6.07) is 16.8. The zero-order chi connectivity index (χ0) is 27.0. The number of pyridine rings is 1. The molecule has 38 heavy (non-hydrogen) atoms. The predicted molar refractivity (Wildman–Crippen MR) is 146 cm³/mol. The van der Waals surface area contributed by atoms with Gasteiger partial charge in [-0.05, 0) is 72.7 Å². The molecule has 2 atom stereocenters. The topological polar surface area (TPSA) is 95.3 Å². The summed E-state index contributed by atoms with van der Waals surface area (Å²) >= 11 is 0. The first-order valence-corrected chi connectivity index (χ1v) is 13.0. The van der Waals surface area contributed by atoms with Crippen LogP contribution in [0.2, 0.25) is 0 Å². The van der Waals surface area contributed by atoms with E-state index in [0.717, 1.165) is 35.2 Å². The highest BCUT2D eigenvalue weighted by atomic mass is 16.5. The first-order valence-electron chi connectivity index (χ1n) is 13.0. The summed E-state index contributed by atoms with van der Waals surface area (Å²) in [5, 5.41) is 12.4. The van der Waals surface area contributed by atoms with E-state index in [0.29, 0.717) is 35.5 Å². The lowest BCUT2D eigenvalue weighted by molar-refractivity contribution is -0.0303. The molecule has 3 heterocycles. The molecule has 7 heteroatoms. The SMILES string of the molecule is Cc1ncc(NC(=O)c2cc(C#N)cc(C(C)(C)C)c2)cc1-c1ccc(C(=O)N2CC3CCC(C2)O3)cc1. The molecule has 2 bridgehead atoms. The van der Waals surface area contributed by atoms with Crippen molar-refractivity contribution < 1.29 is 14.3 Å². The summed E-state index contributed by atoms with van der Waals surface area (Å²) in [5.41, 5.74) is 5.39. The van der Waals surface area contributed by atoms with Gasteiger partial charge in [-0.25, -0.2) is 0 Å². The minimum absolute atomic E-state index is 0.0295. The molecule has 1 N–H and O–H groups in total. The van der Waals surface area contributed by atoms with Crippen molar-refractivity contribution in [3.63, 3.8) is 0 Å². The van der Waals surface area contributed by atoms with Crippen LogP contribution in [-0.4, -0.2) is 47.0 Å². The molecule has 5 rings (SSSR count). The van der Waals surface area contributed by atoms with Crippen molar-refractivity contribution in [2.45, 2.75) is 58.2 Å². The molecule has 1 aromatic heterocycles. The third-order valence-corrected chi connectivity index (χ3v) is 7.31. The smallest absolute Gasteiger partial charge is 0.255 e. The maximum Gasteiger partial charge on any atom is 0.255 e. The van der Waals surface area contributed by atoms with Crippen molar-refractivity contribution in [2.75, 3.05) is 18.4 Å². The van der Waals surface area contributed by atoms with E-state index in [-0.39, 0.29) is 29.4 Å². The number of hydrogen-bond donors (Lipinski definition) is 1. The Hall–Kier alpha value is -4.02. The highest BCUT2D eigenvalue weighted by Crippen LogP contribution is 2.29. The molecule has 7 nitrogen and oxygen atoms in total. The number of carbonyl (C=O) groups is 2. The van der Waals surface area contributed by atoms with Crippen molar-refractivity contribution in [1.82, 2.24) is 9.88 Å². The van der Waals surface area contributed by atoms with Crippen molar-refractivity contribution in [3.05, 3.63) is 82.7 Å². The number of aryl methyl sites for hydroxylation is 1. The Kier molecular flexibility index (Phi) is 6.77. The Morgan fingerprint density at radius 3 is 2.34 bits per heavy atom. The van der Waals surface area contributed by atoms with Crippen molar-refractivity contribution in [1.29, 1.82) is 5.26 Å². The molecule has 2 aliphatic heterocycles. The van der Waals surface area contributed by atoms with Gasteiger partial charge >= 0.3 is 0 Å². The standard InChI is InChI=1S/C31H32N4O3/c1-19-28(21-5-7-22(8-6-21)30(37)35-17-26-9-10-27(18-35)38-26)14-25(16-33-19)34-29(36)23-11-20(15-32)12-24(13-23)31(2,3)4/h5-8,11-14,16,26-27H,9-10,17-18H2,1-4H3,(H,34,36). The molecule has 194 valence electrons. The van der Waals surface area contributed by atoms with E-state index < -0.39 is 0 Å². The monoisotopic (exact) mass is 508 g/mol. The van der Waals surface area contributed by atoms with E-state index in [1.807, 2.05) is 75.1 Å². The van der Waals surface area contributed by atoms with Gasteiger partial charge in [0.25, 0.3) is 11.8 Å². The Labute approximate surface area is 223 Å². The van der Waals surface area contributed by atoms with E-state index in [1.54, 1.807) is 12.3 Å². The minimum atomic E-state index is -0.301. The number of amides is 2. The number of nitrogens with zero attached hydrogens (tertiary/aromatic N) is 3. The molecule has 2 saturated heterocycles. The Bertz CT molecular complexity index is 1420. The van der Waals surface area contributed by atoms with Gasteiger partial charge in [-0.2, -0.15) is 5.26 Å². The van der Waals surface area contributed by atoms with Crippen LogP contribution >= 0.6 is 0 Å². The minimum Gasteiger partial charge on any atom is -0.371 e. The molecule has 2 aliphatic rings. The Morgan fingerprint density at radius 2 is 1.71 bits per heavy atom. The van der Waals surface area contributed by atoms with Crippen LogP contribution in [0.1, 0.15) is 71.1 Å². The summed E-state index contributed by atoms with van der Waals surface area (Å²) in [4.78, 5) is 32.6. The number of aromatic nitrogens is 1. The highest BCUT2D eigenvalue weighted by Gasteiger charge is 2.36. The average Bonchev–Trinajstić information content (AvgIpc) is 3.25. The first kappa shape index (κ1) is 25.6. The van der Waals surface area contributed by atoms with E-state index >= 15 is 0 Å². The number of hydrogen-bond acceptors (Lipinski definition) is 5. The van der Waals surface area contributed by atoms with Crippen molar-refractivity contribution in [2.24, 2.45) is 0 Å². The van der Waals surface area contributed by atoms with Crippen LogP contribution in [0.4, 0.5) is 5.69 Å². The van der Waals surface area contributed by atoms with Crippen molar-refractivity contribution >= 4 is 17.5 Å². The molecule has 2 unspecified atom stereocenters. The number of carbonyl (C=O) groups excluding carboxylic acids is 2. The zero-order valence-electron chi connectivity index (χ0n) is 22.2. The molecular weight excluding hydrogens is 476 g/mol. The van der Waals surface area contributed by atoms with Crippen LogP contribution in [0.15, 0.2) is 54.7 Å². The van der Waals surface area contributed by atoms with Gasteiger partial charge < -0.3 is 15.0 Å². The van der Waals surface area contributed by atoms with Crippen LogP contribution in [-0.2, 0) is 10.2 Å². The van der Waals surface area contributed by atoms with Gasteiger partial charge in [-0.15, -0.1) is 0 Å². The molecule has 2 fully saturated rings. The lowest BCUT2D eigenvalue weighted by Gasteiger charge is -2.32. The number of morpholine rings is 1. The quantitative estimate of drug-likeness (QED) is 0.503. The molecule has 0 aliphatic carbocycles. The largest absolute Gasteiger partial charge is 0.371 e. The second-order valence-electron chi connectivity index (χ2n) is 11.2. The highest BCUT2D eigenvalue weighted by molar-refractivity contribution is 6.05. The summed E-state index contributed by atoms with van der Waals surface area (Å²) in [5.74, 6) is -0.272.